The molecule has 3 atom stereocenters. The summed E-state index contributed by atoms with van der Waals surface area (Å²) in [6, 6.07) is 0.660. The highest BCUT2D eigenvalue weighted by Gasteiger charge is 2.58. The van der Waals surface area contributed by atoms with Gasteiger partial charge in [0, 0.05) is 43.5 Å². The third-order valence-electron chi connectivity index (χ3n) is 6.64. The molecule has 0 saturated heterocycles. The zero-order valence-electron chi connectivity index (χ0n) is 18.0. The molecular formula is C20H36N6O. The Morgan fingerprint density at radius 2 is 2.07 bits per heavy atom. The van der Waals surface area contributed by atoms with Gasteiger partial charge in [-0.3, -0.25) is 4.99 Å². The lowest BCUT2D eigenvalue weighted by atomic mass is 9.56. The molecule has 0 bridgehead atoms. The molecule has 1 saturated carbocycles. The van der Waals surface area contributed by atoms with Crippen molar-refractivity contribution in [1.82, 2.24) is 25.4 Å². The lowest BCUT2D eigenvalue weighted by Gasteiger charge is -2.59. The highest BCUT2D eigenvalue weighted by molar-refractivity contribution is 5.80. The SMILES string of the molecule is CCN=C(NC1CCc2nc(C(C)C)nn2C1)NC1CC(C)(OC)C1(C)C. The van der Waals surface area contributed by atoms with Crippen LogP contribution in [0.1, 0.15) is 72.0 Å². The second-order valence-corrected chi connectivity index (χ2v) is 8.98. The van der Waals surface area contributed by atoms with E-state index in [0.717, 1.165) is 50.0 Å². The van der Waals surface area contributed by atoms with Gasteiger partial charge in [0.25, 0.3) is 0 Å². The van der Waals surface area contributed by atoms with Gasteiger partial charge in [0.05, 0.1) is 12.1 Å². The Balaban J connectivity index is 1.63. The van der Waals surface area contributed by atoms with E-state index >= 15 is 0 Å². The fraction of sp³-hybridized carbons (Fsp3) is 0.850. The lowest BCUT2D eigenvalue weighted by molar-refractivity contribution is -0.176. The normalized spacial score (nSPS) is 30.0. The van der Waals surface area contributed by atoms with Gasteiger partial charge in [0.15, 0.2) is 11.8 Å². The van der Waals surface area contributed by atoms with Crippen molar-refractivity contribution in [3.63, 3.8) is 0 Å². The number of fused-ring (bicyclic) bond motifs is 1. The Hall–Kier alpha value is -1.63. The number of hydrogen-bond donors (Lipinski definition) is 2. The van der Waals surface area contributed by atoms with Crippen LogP contribution in [0.15, 0.2) is 4.99 Å². The second kappa shape index (κ2) is 7.41. The van der Waals surface area contributed by atoms with Crippen molar-refractivity contribution >= 4 is 5.96 Å². The summed E-state index contributed by atoms with van der Waals surface area (Å²) < 4.78 is 7.82. The number of methoxy groups -OCH3 is 1. The number of aryl methyl sites for hydroxylation is 1. The van der Waals surface area contributed by atoms with E-state index in [1.807, 2.05) is 0 Å². The average Bonchev–Trinajstić information content (AvgIpc) is 3.05. The number of aromatic nitrogens is 3. The molecule has 3 rings (SSSR count). The van der Waals surface area contributed by atoms with Crippen molar-refractivity contribution in [1.29, 1.82) is 0 Å². The minimum Gasteiger partial charge on any atom is -0.378 e. The Morgan fingerprint density at radius 1 is 1.33 bits per heavy atom. The topological polar surface area (TPSA) is 76.4 Å². The molecule has 1 aliphatic heterocycles. The molecule has 1 fully saturated rings. The van der Waals surface area contributed by atoms with Crippen molar-refractivity contribution in [2.75, 3.05) is 13.7 Å². The summed E-state index contributed by atoms with van der Waals surface area (Å²) in [5.41, 5.74) is -0.0363. The Kier molecular flexibility index (Phi) is 5.52. The van der Waals surface area contributed by atoms with Crippen LogP contribution in [-0.4, -0.2) is 52.1 Å². The third kappa shape index (κ3) is 3.71. The molecule has 3 unspecified atom stereocenters. The maximum Gasteiger partial charge on any atom is 0.191 e. The molecule has 1 aromatic heterocycles. The first-order valence-corrected chi connectivity index (χ1v) is 10.3. The van der Waals surface area contributed by atoms with E-state index in [1.165, 1.54) is 0 Å². The summed E-state index contributed by atoms with van der Waals surface area (Å²) in [5.74, 6) is 3.31. The summed E-state index contributed by atoms with van der Waals surface area (Å²) in [7, 11) is 1.81. The number of nitrogens with one attached hydrogen (secondary N) is 2. The number of guanidine groups is 1. The number of nitrogens with zero attached hydrogens (tertiary/aromatic N) is 4. The Morgan fingerprint density at radius 3 is 2.67 bits per heavy atom. The molecule has 1 aromatic rings. The monoisotopic (exact) mass is 376 g/mol. The quantitative estimate of drug-likeness (QED) is 0.610. The lowest BCUT2D eigenvalue weighted by Crippen LogP contribution is -2.70. The van der Waals surface area contributed by atoms with Crippen LogP contribution in [0.3, 0.4) is 0 Å². The van der Waals surface area contributed by atoms with Gasteiger partial charge in [-0.2, -0.15) is 5.10 Å². The van der Waals surface area contributed by atoms with Crippen LogP contribution in [0.5, 0.6) is 0 Å². The molecule has 0 aromatic carbocycles. The molecule has 7 heteroatoms. The van der Waals surface area contributed by atoms with Crippen molar-refractivity contribution in [2.24, 2.45) is 10.4 Å². The third-order valence-corrected chi connectivity index (χ3v) is 6.64. The fourth-order valence-electron chi connectivity index (χ4n) is 4.06. The highest BCUT2D eigenvalue weighted by atomic mass is 16.5. The molecule has 2 aliphatic rings. The molecule has 27 heavy (non-hydrogen) atoms. The molecular weight excluding hydrogens is 340 g/mol. The first-order valence-electron chi connectivity index (χ1n) is 10.3. The van der Waals surface area contributed by atoms with E-state index in [1.54, 1.807) is 7.11 Å². The van der Waals surface area contributed by atoms with Crippen LogP contribution in [0.25, 0.3) is 0 Å². The first-order chi connectivity index (χ1) is 12.7. The highest BCUT2D eigenvalue weighted by Crippen LogP contribution is 2.51. The fourth-order valence-corrected chi connectivity index (χ4v) is 4.06. The van der Waals surface area contributed by atoms with Crippen LogP contribution in [0, 0.1) is 5.41 Å². The maximum absolute atomic E-state index is 5.75. The zero-order valence-corrected chi connectivity index (χ0v) is 18.0. The van der Waals surface area contributed by atoms with Gasteiger partial charge in [-0.05, 0) is 26.7 Å². The number of hydrogen-bond acceptors (Lipinski definition) is 4. The Labute approximate surface area is 163 Å². The molecule has 0 spiro atoms. The summed E-state index contributed by atoms with van der Waals surface area (Å²) in [4.78, 5) is 9.36. The summed E-state index contributed by atoms with van der Waals surface area (Å²) in [6.07, 6.45) is 2.98. The average molecular weight is 377 g/mol. The first kappa shape index (κ1) is 20.1. The van der Waals surface area contributed by atoms with E-state index in [4.69, 9.17) is 4.74 Å². The second-order valence-electron chi connectivity index (χ2n) is 8.98. The molecule has 0 amide bonds. The maximum atomic E-state index is 5.75. The predicted octanol–water partition coefficient (Wildman–Crippen LogP) is 2.47. The molecule has 152 valence electrons. The van der Waals surface area contributed by atoms with Crippen molar-refractivity contribution in [3.8, 4) is 0 Å². The molecule has 7 nitrogen and oxygen atoms in total. The molecule has 2 N–H and O–H groups in total. The smallest absolute Gasteiger partial charge is 0.191 e. The summed E-state index contributed by atoms with van der Waals surface area (Å²) in [6.45, 7) is 14.6. The van der Waals surface area contributed by atoms with Gasteiger partial charge in [-0.25, -0.2) is 9.67 Å². The van der Waals surface area contributed by atoms with Crippen LogP contribution < -0.4 is 10.6 Å². The van der Waals surface area contributed by atoms with Gasteiger partial charge < -0.3 is 15.4 Å². The minimum atomic E-state index is -0.0876. The van der Waals surface area contributed by atoms with E-state index < -0.39 is 0 Å². The predicted molar refractivity (Wildman–Crippen MR) is 108 cm³/mol. The number of aliphatic imine (C=N–C) groups is 1. The number of ether oxygens (including phenoxy) is 1. The van der Waals surface area contributed by atoms with Crippen LogP contribution in [-0.2, 0) is 17.7 Å². The van der Waals surface area contributed by atoms with E-state index in [-0.39, 0.29) is 11.0 Å². The van der Waals surface area contributed by atoms with Crippen LogP contribution >= 0.6 is 0 Å². The largest absolute Gasteiger partial charge is 0.378 e. The van der Waals surface area contributed by atoms with E-state index in [2.05, 4.69) is 71.9 Å². The Bertz CT molecular complexity index is 695. The van der Waals surface area contributed by atoms with Crippen LogP contribution in [0.4, 0.5) is 0 Å². The van der Waals surface area contributed by atoms with Crippen molar-refractivity contribution in [3.05, 3.63) is 11.6 Å². The number of rotatable bonds is 5. The van der Waals surface area contributed by atoms with Gasteiger partial charge >= 0.3 is 0 Å². The van der Waals surface area contributed by atoms with Gasteiger partial charge in [0.2, 0.25) is 0 Å². The molecule has 1 aliphatic carbocycles. The summed E-state index contributed by atoms with van der Waals surface area (Å²) in [5, 5.41) is 12.0. The molecule has 2 heterocycles. The summed E-state index contributed by atoms with van der Waals surface area (Å²) >= 11 is 0. The van der Waals surface area contributed by atoms with Gasteiger partial charge in [0.1, 0.15) is 5.82 Å². The standard InChI is InChI=1S/C20H36N6O/c1-8-21-18(23-15-11-20(6,27-7)19(15,4)5)22-14-9-10-16-24-17(13(2)3)25-26(16)12-14/h13-15H,8-12H2,1-7H3,(H2,21,22,23). The van der Waals surface area contributed by atoms with E-state index in [9.17, 15) is 0 Å². The van der Waals surface area contributed by atoms with Gasteiger partial charge in [-0.15, -0.1) is 0 Å². The van der Waals surface area contributed by atoms with E-state index in [0.29, 0.717) is 18.0 Å². The van der Waals surface area contributed by atoms with Crippen LogP contribution in [0.2, 0.25) is 0 Å². The van der Waals surface area contributed by atoms with Crippen molar-refractivity contribution < 1.29 is 4.74 Å². The minimum absolute atomic E-state index is 0.0513. The van der Waals surface area contributed by atoms with Crippen molar-refractivity contribution in [2.45, 2.75) is 91.0 Å². The zero-order chi connectivity index (χ0) is 19.8. The molecule has 0 radical (unpaired) electrons. The van der Waals surface area contributed by atoms with Gasteiger partial charge in [-0.1, -0.05) is 27.7 Å².